The van der Waals surface area contributed by atoms with Crippen molar-refractivity contribution in [3.8, 4) is 5.75 Å². The average molecular weight is 377 g/mol. The van der Waals surface area contributed by atoms with E-state index in [2.05, 4.69) is 32.6 Å². The highest BCUT2D eigenvalue weighted by Gasteiger charge is 2.07. The largest absolute Gasteiger partial charge is 0.473 e. The summed E-state index contributed by atoms with van der Waals surface area (Å²) in [6.45, 7) is 6.66. The molecule has 122 valence electrons. The van der Waals surface area contributed by atoms with E-state index in [1.807, 2.05) is 51.1 Å². The average Bonchev–Trinajstić information content (AvgIpc) is 2.52. The van der Waals surface area contributed by atoms with Gasteiger partial charge in [-0.05, 0) is 55.2 Å². The smallest absolute Gasteiger partial charge is 0.317 e. The fourth-order valence-corrected chi connectivity index (χ4v) is 2.66. The second kappa shape index (κ2) is 8.02. The molecule has 0 atom stereocenters. The van der Waals surface area contributed by atoms with Gasteiger partial charge in [0, 0.05) is 11.0 Å². The molecule has 2 amide bonds. The van der Waals surface area contributed by atoms with E-state index in [4.69, 9.17) is 4.74 Å². The highest BCUT2D eigenvalue weighted by atomic mass is 79.9. The standard InChI is InChI=1S/C18H21BrN2O2/c1-12-7-8-13(2)17(14(12)3)23-11-21-18(22)20-10-15-5-4-6-16(19)9-15/h4-9H,10-11H2,1-3H3,(H2,20,21,22). The molecule has 2 aromatic carbocycles. The molecule has 0 unspecified atom stereocenters. The van der Waals surface area contributed by atoms with Crippen molar-refractivity contribution in [3.05, 3.63) is 63.1 Å². The summed E-state index contributed by atoms with van der Waals surface area (Å²) in [7, 11) is 0. The van der Waals surface area contributed by atoms with Gasteiger partial charge in [0.25, 0.3) is 0 Å². The molecule has 4 nitrogen and oxygen atoms in total. The first-order valence-electron chi connectivity index (χ1n) is 7.43. The van der Waals surface area contributed by atoms with Crippen LogP contribution in [-0.4, -0.2) is 12.8 Å². The summed E-state index contributed by atoms with van der Waals surface area (Å²) < 4.78 is 6.70. The highest BCUT2D eigenvalue weighted by Crippen LogP contribution is 2.25. The van der Waals surface area contributed by atoms with Gasteiger partial charge in [-0.2, -0.15) is 0 Å². The minimum atomic E-state index is -0.257. The van der Waals surface area contributed by atoms with Crippen molar-refractivity contribution in [1.82, 2.24) is 10.6 Å². The second-order valence-electron chi connectivity index (χ2n) is 5.43. The number of rotatable bonds is 5. The maximum absolute atomic E-state index is 11.8. The molecule has 5 heteroatoms. The monoisotopic (exact) mass is 376 g/mol. The first-order valence-corrected chi connectivity index (χ1v) is 8.22. The normalized spacial score (nSPS) is 10.3. The van der Waals surface area contributed by atoms with E-state index in [9.17, 15) is 4.79 Å². The summed E-state index contributed by atoms with van der Waals surface area (Å²) in [6, 6.07) is 11.6. The van der Waals surface area contributed by atoms with Crippen LogP contribution in [0, 0.1) is 20.8 Å². The molecule has 23 heavy (non-hydrogen) atoms. The summed E-state index contributed by atoms with van der Waals surface area (Å²) >= 11 is 3.41. The number of hydrogen-bond donors (Lipinski definition) is 2. The predicted molar refractivity (Wildman–Crippen MR) is 95.7 cm³/mol. The zero-order chi connectivity index (χ0) is 16.8. The summed E-state index contributed by atoms with van der Waals surface area (Å²) in [4.78, 5) is 11.8. The van der Waals surface area contributed by atoms with E-state index in [0.29, 0.717) is 6.54 Å². The number of halogens is 1. The molecule has 0 aliphatic rings. The zero-order valence-electron chi connectivity index (χ0n) is 13.6. The lowest BCUT2D eigenvalue weighted by atomic mass is 10.1. The Labute approximate surface area is 145 Å². The molecule has 0 bridgehead atoms. The molecule has 2 N–H and O–H groups in total. The Bertz CT molecular complexity index is 701. The van der Waals surface area contributed by atoms with Crippen LogP contribution >= 0.6 is 15.9 Å². The molecule has 0 aromatic heterocycles. The first kappa shape index (κ1) is 17.3. The SMILES string of the molecule is Cc1ccc(C)c(OCNC(=O)NCc2cccc(Br)c2)c1C. The van der Waals surface area contributed by atoms with E-state index in [0.717, 1.165) is 26.9 Å². The highest BCUT2D eigenvalue weighted by molar-refractivity contribution is 9.10. The Morgan fingerprint density at radius 3 is 2.57 bits per heavy atom. The van der Waals surface area contributed by atoms with Gasteiger partial charge in [-0.3, -0.25) is 0 Å². The topological polar surface area (TPSA) is 50.4 Å². The van der Waals surface area contributed by atoms with E-state index >= 15 is 0 Å². The van der Waals surface area contributed by atoms with Crippen molar-refractivity contribution in [2.45, 2.75) is 27.3 Å². The van der Waals surface area contributed by atoms with Crippen LogP contribution in [0.4, 0.5) is 4.79 Å². The molecule has 0 spiro atoms. The molecule has 0 aliphatic heterocycles. The Kier molecular flexibility index (Phi) is 6.04. The van der Waals surface area contributed by atoms with Crippen LogP contribution in [0.15, 0.2) is 40.9 Å². The maximum Gasteiger partial charge on any atom is 0.317 e. The molecule has 0 fully saturated rings. The van der Waals surface area contributed by atoms with Crippen LogP contribution in [0.5, 0.6) is 5.75 Å². The maximum atomic E-state index is 11.8. The summed E-state index contributed by atoms with van der Waals surface area (Å²) in [5.74, 6) is 0.831. The third kappa shape index (κ3) is 4.99. The van der Waals surface area contributed by atoms with Crippen LogP contribution in [0.2, 0.25) is 0 Å². The van der Waals surface area contributed by atoms with Crippen LogP contribution in [-0.2, 0) is 6.54 Å². The van der Waals surface area contributed by atoms with Gasteiger partial charge in [0.15, 0.2) is 6.73 Å². The van der Waals surface area contributed by atoms with Crippen molar-refractivity contribution in [3.63, 3.8) is 0 Å². The van der Waals surface area contributed by atoms with Gasteiger partial charge in [-0.25, -0.2) is 4.79 Å². The number of amides is 2. The zero-order valence-corrected chi connectivity index (χ0v) is 15.2. The van der Waals surface area contributed by atoms with Gasteiger partial charge in [0.05, 0.1) is 0 Å². The Morgan fingerprint density at radius 2 is 1.83 bits per heavy atom. The van der Waals surface area contributed by atoms with Gasteiger partial charge in [0.2, 0.25) is 0 Å². The minimum absolute atomic E-state index is 0.134. The van der Waals surface area contributed by atoms with Crippen molar-refractivity contribution in [2.24, 2.45) is 0 Å². The van der Waals surface area contributed by atoms with Gasteiger partial charge in [0.1, 0.15) is 5.75 Å². The third-order valence-corrected chi connectivity index (χ3v) is 4.16. The lowest BCUT2D eigenvalue weighted by molar-refractivity contribution is 0.223. The Hall–Kier alpha value is -2.01. The van der Waals surface area contributed by atoms with E-state index < -0.39 is 0 Å². The molecule has 0 radical (unpaired) electrons. The lowest BCUT2D eigenvalue weighted by Gasteiger charge is -2.14. The molecule has 0 aliphatic carbocycles. The molecule has 2 rings (SSSR count). The van der Waals surface area contributed by atoms with E-state index in [1.165, 1.54) is 5.56 Å². The molecule has 0 saturated heterocycles. The molecule has 0 heterocycles. The number of aryl methyl sites for hydroxylation is 2. The number of hydrogen-bond acceptors (Lipinski definition) is 2. The fourth-order valence-electron chi connectivity index (χ4n) is 2.21. The number of benzene rings is 2. The Balaban J connectivity index is 1.80. The number of urea groups is 1. The number of nitrogens with one attached hydrogen (secondary N) is 2. The van der Waals surface area contributed by atoms with Gasteiger partial charge >= 0.3 is 6.03 Å². The minimum Gasteiger partial charge on any atom is -0.473 e. The van der Waals surface area contributed by atoms with Crippen molar-refractivity contribution in [2.75, 3.05) is 6.73 Å². The van der Waals surface area contributed by atoms with Crippen molar-refractivity contribution >= 4 is 22.0 Å². The lowest BCUT2D eigenvalue weighted by Crippen LogP contribution is -2.37. The van der Waals surface area contributed by atoms with E-state index in [1.54, 1.807) is 0 Å². The van der Waals surface area contributed by atoms with Gasteiger partial charge < -0.3 is 15.4 Å². The number of carbonyl (C=O) groups is 1. The first-order chi connectivity index (χ1) is 11.0. The summed E-state index contributed by atoms with van der Waals surface area (Å²) in [5.41, 5.74) is 4.36. The van der Waals surface area contributed by atoms with Crippen LogP contribution in [0.25, 0.3) is 0 Å². The number of ether oxygens (including phenoxy) is 1. The molecular formula is C18H21BrN2O2. The Morgan fingerprint density at radius 1 is 1.09 bits per heavy atom. The summed E-state index contributed by atoms with van der Waals surface area (Å²) in [5, 5.41) is 5.51. The third-order valence-electron chi connectivity index (χ3n) is 3.66. The van der Waals surface area contributed by atoms with Crippen LogP contribution < -0.4 is 15.4 Å². The quantitative estimate of drug-likeness (QED) is 0.767. The van der Waals surface area contributed by atoms with Crippen molar-refractivity contribution in [1.29, 1.82) is 0 Å². The van der Waals surface area contributed by atoms with Crippen molar-refractivity contribution < 1.29 is 9.53 Å². The van der Waals surface area contributed by atoms with Gasteiger partial charge in [-0.1, -0.05) is 40.2 Å². The molecular weight excluding hydrogens is 356 g/mol. The van der Waals surface area contributed by atoms with Crippen LogP contribution in [0.1, 0.15) is 22.3 Å². The summed E-state index contributed by atoms with van der Waals surface area (Å²) in [6.07, 6.45) is 0. The van der Waals surface area contributed by atoms with Crippen LogP contribution in [0.3, 0.4) is 0 Å². The number of carbonyl (C=O) groups excluding carboxylic acids is 1. The van der Waals surface area contributed by atoms with Gasteiger partial charge in [-0.15, -0.1) is 0 Å². The molecule has 0 saturated carbocycles. The second-order valence-corrected chi connectivity index (χ2v) is 6.35. The molecule has 2 aromatic rings. The van der Waals surface area contributed by atoms with E-state index in [-0.39, 0.29) is 12.8 Å². The fraction of sp³-hybridized carbons (Fsp3) is 0.278. The predicted octanol–water partition coefficient (Wildman–Crippen LogP) is 4.21.